The van der Waals surface area contributed by atoms with Gasteiger partial charge in [-0.1, -0.05) is 17.7 Å². The van der Waals surface area contributed by atoms with Crippen molar-refractivity contribution in [3.8, 4) is 0 Å². The predicted octanol–water partition coefficient (Wildman–Crippen LogP) is 3.92. The fraction of sp³-hybridized carbons (Fsp3) is 0.0909. The molecular weight excluding hydrogens is 298 g/mol. The molecule has 84 valence electrons. The minimum atomic E-state index is -1.14. The van der Waals surface area contributed by atoms with Crippen LogP contribution < -0.4 is 0 Å². The Labute approximate surface area is 105 Å². The van der Waals surface area contributed by atoms with Gasteiger partial charge >= 0.3 is 0 Å². The summed E-state index contributed by atoms with van der Waals surface area (Å²) in [7, 11) is 0. The first-order valence-corrected chi connectivity index (χ1v) is 5.63. The lowest BCUT2D eigenvalue weighted by Crippen LogP contribution is -2.01. The zero-order chi connectivity index (χ0) is 11.7. The van der Waals surface area contributed by atoms with Crippen LogP contribution >= 0.6 is 27.5 Å². The average molecular weight is 306 g/mol. The third-order valence-corrected chi connectivity index (χ3v) is 2.78. The highest BCUT2D eigenvalue weighted by Gasteiger charge is 2.18. The molecule has 0 amide bonds. The molecule has 0 bridgehead atoms. The van der Waals surface area contributed by atoms with Crippen LogP contribution in [0.5, 0.6) is 0 Å². The molecule has 1 N–H and O–H groups in total. The van der Waals surface area contributed by atoms with E-state index in [9.17, 15) is 9.50 Å². The molecule has 1 unspecified atom stereocenters. The van der Waals surface area contributed by atoms with E-state index in [1.807, 2.05) is 0 Å². The standard InChI is InChI=1S/C11H7BrClFO2/c12-10-4-3-9(16-10)11(15)7-2-1-6(13)5-8(7)14/h1-5,11,15H. The van der Waals surface area contributed by atoms with E-state index < -0.39 is 11.9 Å². The first-order valence-electron chi connectivity index (χ1n) is 4.46. The fourth-order valence-corrected chi connectivity index (χ4v) is 1.83. The summed E-state index contributed by atoms with van der Waals surface area (Å²) in [5.74, 6) is -0.291. The van der Waals surface area contributed by atoms with Crippen LogP contribution in [-0.4, -0.2) is 5.11 Å². The number of halogens is 3. The summed E-state index contributed by atoms with van der Waals surface area (Å²) in [5, 5.41) is 10.2. The maximum Gasteiger partial charge on any atom is 0.169 e. The zero-order valence-corrected chi connectivity index (χ0v) is 10.3. The molecule has 0 aliphatic rings. The van der Waals surface area contributed by atoms with Crippen LogP contribution in [0.4, 0.5) is 4.39 Å². The Balaban J connectivity index is 2.37. The van der Waals surface area contributed by atoms with Crippen LogP contribution in [0.25, 0.3) is 0 Å². The van der Waals surface area contributed by atoms with Gasteiger partial charge in [0.05, 0.1) is 0 Å². The topological polar surface area (TPSA) is 33.4 Å². The minimum absolute atomic E-state index is 0.131. The summed E-state index contributed by atoms with van der Waals surface area (Å²) in [6.45, 7) is 0. The maximum atomic E-state index is 13.5. The first kappa shape index (κ1) is 11.6. The largest absolute Gasteiger partial charge is 0.451 e. The Kier molecular flexibility index (Phi) is 3.33. The van der Waals surface area contributed by atoms with Crippen molar-refractivity contribution >= 4 is 27.5 Å². The van der Waals surface area contributed by atoms with Gasteiger partial charge in [0.2, 0.25) is 0 Å². The number of hydrogen-bond acceptors (Lipinski definition) is 2. The van der Waals surface area contributed by atoms with Gasteiger partial charge in [0.1, 0.15) is 17.7 Å². The van der Waals surface area contributed by atoms with Crippen molar-refractivity contribution in [1.29, 1.82) is 0 Å². The maximum absolute atomic E-state index is 13.5. The Morgan fingerprint density at radius 3 is 2.62 bits per heavy atom. The zero-order valence-electron chi connectivity index (χ0n) is 7.95. The normalized spacial score (nSPS) is 12.8. The van der Waals surface area contributed by atoms with Gasteiger partial charge in [-0.15, -0.1) is 0 Å². The molecule has 0 spiro atoms. The third kappa shape index (κ3) is 2.29. The Morgan fingerprint density at radius 2 is 2.06 bits per heavy atom. The Hall–Kier alpha value is -0.840. The highest BCUT2D eigenvalue weighted by molar-refractivity contribution is 9.10. The fourth-order valence-electron chi connectivity index (χ4n) is 1.35. The summed E-state index contributed by atoms with van der Waals surface area (Å²) < 4.78 is 19.1. The molecule has 5 heteroatoms. The molecule has 2 rings (SSSR count). The second-order valence-electron chi connectivity index (χ2n) is 3.21. The molecule has 2 aromatic rings. The van der Waals surface area contributed by atoms with Crippen LogP contribution in [0.3, 0.4) is 0 Å². The third-order valence-electron chi connectivity index (χ3n) is 2.12. The molecule has 0 radical (unpaired) electrons. The van der Waals surface area contributed by atoms with E-state index in [4.69, 9.17) is 16.0 Å². The monoisotopic (exact) mass is 304 g/mol. The molecule has 0 saturated heterocycles. The van der Waals surface area contributed by atoms with E-state index >= 15 is 0 Å². The molecule has 2 nitrogen and oxygen atoms in total. The second kappa shape index (κ2) is 4.57. The van der Waals surface area contributed by atoms with Crippen molar-refractivity contribution in [3.63, 3.8) is 0 Å². The van der Waals surface area contributed by atoms with E-state index in [-0.39, 0.29) is 16.3 Å². The van der Waals surface area contributed by atoms with Crippen molar-refractivity contribution in [2.45, 2.75) is 6.10 Å². The molecule has 0 aliphatic heterocycles. The van der Waals surface area contributed by atoms with Gasteiger partial charge in [-0.25, -0.2) is 4.39 Å². The number of hydrogen-bond donors (Lipinski definition) is 1. The van der Waals surface area contributed by atoms with E-state index in [0.717, 1.165) is 6.07 Å². The number of aliphatic hydroxyl groups excluding tert-OH is 1. The van der Waals surface area contributed by atoms with Crippen LogP contribution in [0.15, 0.2) is 39.4 Å². The summed E-state index contributed by atoms with van der Waals surface area (Å²) in [6, 6.07) is 7.30. The molecule has 0 saturated carbocycles. The number of rotatable bonds is 2. The van der Waals surface area contributed by atoms with Gasteiger partial charge in [-0.2, -0.15) is 0 Å². The SMILES string of the molecule is OC(c1ccc(Br)o1)c1ccc(Cl)cc1F. The van der Waals surface area contributed by atoms with E-state index in [1.54, 1.807) is 12.1 Å². The van der Waals surface area contributed by atoms with Crippen LogP contribution in [-0.2, 0) is 0 Å². The van der Waals surface area contributed by atoms with Crippen LogP contribution in [0.1, 0.15) is 17.4 Å². The Morgan fingerprint density at radius 1 is 1.31 bits per heavy atom. The lowest BCUT2D eigenvalue weighted by Gasteiger charge is -2.09. The van der Waals surface area contributed by atoms with Gasteiger partial charge in [-0.3, -0.25) is 0 Å². The average Bonchev–Trinajstić information content (AvgIpc) is 2.64. The molecule has 0 fully saturated rings. The van der Waals surface area contributed by atoms with Crippen molar-refractivity contribution in [2.24, 2.45) is 0 Å². The number of benzene rings is 1. The quantitative estimate of drug-likeness (QED) is 0.912. The summed E-state index contributed by atoms with van der Waals surface area (Å²) in [5.41, 5.74) is 0.131. The lowest BCUT2D eigenvalue weighted by atomic mass is 10.1. The van der Waals surface area contributed by atoms with Crippen molar-refractivity contribution in [2.75, 3.05) is 0 Å². The predicted molar refractivity (Wildman–Crippen MR) is 61.9 cm³/mol. The second-order valence-corrected chi connectivity index (χ2v) is 4.43. The lowest BCUT2D eigenvalue weighted by molar-refractivity contribution is 0.183. The summed E-state index contributed by atoms with van der Waals surface area (Å²) >= 11 is 8.73. The Bertz CT molecular complexity index is 512. The van der Waals surface area contributed by atoms with Crippen LogP contribution in [0, 0.1) is 5.82 Å². The molecular formula is C11H7BrClFO2. The van der Waals surface area contributed by atoms with Crippen molar-refractivity contribution in [3.05, 3.63) is 57.2 Å². The first-order chi connectivity index (χ1) is 7.58. The van der Waals surface area contributed by atoms with Gasteiger partial charge in [0.15, 0.2) is 4.67 Å². The molecule has 1 aromatic carbocycles. The van der Waals surface area contributed by atoms with Crippen molar-refractivity contribution in [1.82, 2.24) is 0 Å². The molecule has 1 aromatic heterocycles. The van der Waals surface area contributed by atoms with E-state index in [0.29, 0.717) is 4.67 Å². The summed E-state index contributed by atoms with van der Waals surface area (Å²) in [4.78, 5) is 0. The van der Waals surface area contributed by atoms with Crippen molar-refractivity contribution < 1.29 is 13.9 Å². The van der Waals surface area contributed by atoms with E-state index in [2.05, 4.69) is 15.9 Å². The van der Waals surface area contributed by atoms with Gasteiger partial charge in [-0.05, 0) is 40.2 Å². The molecule has 1 heterocycles. The highest BCUT2D eigenvalue weighted by atomic mass is 79.9. The molecule has 1 atom stereocenters. The molecule has 16 heavy (non-hydrogen) atoms. The number of aliphatic hydroxyl groups is 1. The minimum Gasteiger partial charge on any atom is -0.451 e. The van der Waals surface area contributed by atoms with Gasteiger partial charge in [0.25, 0.3) is 0 Å². The van der Waals surface area contributed by atoms with Gasteiger partial charge in [0, 0.05) is 10.6 Å². The van der Waals surface area contributed by atoms with Crippen LogP contribution in [0.2, 0.25) is 5.02 Å². The number of furan rings is 1. The smallest absolute Gasteiger partial charge is 0.169 e. The molecule has 0 aliphatic carbocycles. The summed E-state index contributed by atoms with van der Waals surface area (Å²) in [6.07, 6.45) is -1.14. The van der Waals surface area contributed by atoms with E-state index in [1.165, 1.54) is 12.1 Å². The highest BCUT2D eigenvalue weighted by Crippen LogP contribution is 2.28. The van der Waals surface area contributed by atoms with Gasteiger partial charge < -0.3 is 9.52 Å².